The van der Waals surface area contributed by atoms with E-state index in [9.17, 15) is 18.8 Å². The molecule has 8 nitrogen and oxygen atoms in total. The number of hydrogen-bond donors (Lipinski definition) is 3. The van der Waals surface area contributed by atoms with Crippen molar-refractivity contribution in [3.63, 3.8) is 0 Å². The third kappa shape index (κ3) is 3.27. The van der Waals surface area contributed by atoms with Crippen molar-refractivity contribution < 1.29 is 14.0 Å². The van der Waals surface area contributed by atoms with Crippen molar-refractivity contribution in [3.05, 3.63) is 46.0 Å². The second-order valence-electron chi connectivity index (χ2n) is 6.62. The number of aromatic amines is 1. The number of nitrogens with zero attached hydrogens (tertiary/aromatic N) is 2. The van der Waals surface area contributed by atoms with Crippen LogP contribution in [-0.4, -0.2) is 34.9 Å². The number of hydrogen-bond acceptors (Lipinski definition) is 5. The van der Waals surface area contributed by atoms with Crippen LogP contribution in [0.5, 0.6) is 0 Å². The Morgan fingerprint density at radius 2 is 1.96 bits per heavy atom. The molecule has 2 aliphatic heterocycles. The van der Waals surface area contributed by atoms with Crippen LogP contribution in [-0.2, 0) is 9.59 Å². The average Bonchev–Trinajstić information content (AvgIpc) is 3.17. The molecule has 4 rings (SSSR count). The third-order valence-electron chi connectivity index (χ3n) is 4.79. The number of rotatable bonds is 3. The van der Waals surface area contributed by atoms with E-state index >= 15 is 0 Å². The van der Waals surface area contributed by atoms with Crippen molar-refractivity contribution in [2.24, 2.45) is 0 Å². The Balaban J connectivity index is 1.68. The number of halogens is 1. The molecule has 2 aromatic rings. The largest absolute Gasteiger partial charge is 0.342 e. The molecule has 27 heavy (non-hydrogen) atoms. The van der Waals surface area contributed by atoms with E-state index < -0.39 is 29.1 Å². The summed E-state index contributed by atoms with van der Waals surface area (Å²) in [6.45, 7) is 1.54. The number of para-hydroxylation sites is 1. The first kappa shape index (κ1) is 17.2. The summed E-state index contributed by atoms with van der Waals surface area (Å²) in [5.74, 6) is -2.21. The van der Waals surface area contributed by atoms with E-state index in [1.807, 2.05) is 4.90 Å². The lowest BCUT2D eigenvalue weighted by molar-refractivity contribution is -0.123. The molecule has 1 aromatic heterocycles. The van der Waals surface area contributed by atoms with Gasteiger partial charge in [-0.05, 0) is 25.0 Å². The van der Waals surface area contributed by atoms with Crippen molar-refractivity contribution in [2.75, 3.05) is 28.6 Å². The Labute approximate surface area is 153 Å². The number of carbonyl (C=O) groups excluding carboxylic acids is 2. The summed E-state index contributed by atoms with van der Waals surface area (Å²) in [7, 11) is 0. The molecular weight excluding hydrogens is 353 g/mol. The van der Waals surface area contributed by atoms with Crippen LogP contribution in [0.15, 0.2) is 29.1 Å². The lowest BCUT2D eigenvalue weighted by Crippen LogP contribution is -2.37. The second-order valence-corrected chi connectivity index (χ2v) is 6.62. The third-order valence-corrected chi connectivity index (χ3v) is 4.79. The van der Waals surface area contributed by atoms with Crippen molar-refractivity contribution in [3.8, 4) is 0 Å². The molecule has 1 fully saturated rings. The molecule has 0 saturated carbocycles. The number of anilines is 3. The lowest BCUT2D eigenvalue weighted by Gasteiger charge is -2.25. The maximum atomic E-state index is 13.8. The highest BCUT2D eigenvalue weighted by molar-refractivity contribution is 6.04. The first-order chi connectivity index (χ1) is 13.0. The molecule has 140 valence electrons. The lowest BCUT2D eigenvalue weighted by atomic mass is 9.92. The van der Waals surface area contributed by atoms with Gasteiger partial charge in [-0.25, -0.2) is 4.39 Å². The van der Waals surface area contributed by atoms with Gasteiger partial charge in [-0.1, -0.05) is 12.1 Å². The van der Waals surface area contributed by atoms with E-state index in [0.29, 0.717) is 5.95 Å². The van der Waals surface area contributed by atoms with Gasteiger partial charge in [0.05, 0.1) is 17.2 Å². The molecule has 1 atom stereocenters. The zero-order valence-electron chi connectivity index (χ0n) is 14.4. The molecule has 2 aliphatic rings. The number of nitrogens with one attached hydrogen (secondary N) is 3. The molecule has 9 heteroatoms. The van der Waals surface area contributed by atoms with Gasteiger partial charge in [0.15, 0.2) is 0 Å². The smallest absolute Gasteiger partial charge is 0.258 e. The molecule has 1 saturated heterocycles. The van der Waals surface area contributed by atoms with Gasteiger partial charge in [0.2, 0.25) is 17.8 Å². The normalized spacial score (nSPS) is 18.8. The maximum absolute atomic E-state index is 13.8. The Kier molecular flexibility index (Phi) is 4.35. The summed E-state index contributed by atoms with van der Waals surface area (Å²) >= 11 is 0. The molecule has 3 N–H and O–H groups in total. The first-order valence-corrected chi connectivity index (χ1v) is 8.77. The van der Waals surface area contributed by atoms with Crippen LogP contribution in [0.4, 0.5) is 21.8 Å². The van der Waals surface area contributed by atoms with Crippen molar-refractivity contribution >= 4 is 29.3 Å². The highest BCUT2D eigenvalue weighted by Crippen LogP contribution is 2.31. The summed E-state index contributed by atoms with van der Waals surface area (Å²) in [5, 5.41) is 5.03. The number of H-pyrrole nitrogens is 1. The summed E-state index contributed by atoms with van der Waals surface area (Å²) in [6, 6.07) is 5.71. The molecule has 1 aromatic carbocycles. The number of aromatic nitrogens is 2. The molecule has 0 unspecified atom stereocenters. The zero-order chi connectivity index (χ0) is 19.0. The van der Waals surface area contributed by atoms with E-state index in [1.54, 1.807) is 6.07 Å². The highest BCUT2D eigenvalue weighted by Gasteiger charge is 2.35. The topological polar surface area (TPSA) is 107 Å². The van der Waals surface area contributed by atoms with Crippen LogP contribution in [0.25, 0.3) is 0 Å². The number of carbonyl (C=O) groups is 2. The number of benzene rings is 1. The SMILES string of the molecule is O=C1C[C@H](C(=O)Nc2ccccc2F)c2c(nc(N3CCCC3)[nH]c2=O)N1. The summed E-state index contributed by atoms with van der Waals surface area (Å²) in [4.78, 5) is 46.4. The summed E-state index contributed by atoms with van der Waals surface area (Å²) in [6.07, 6.45) is 1.79. The fourth-order valence-corrected chi connectivity index (χ4v) is 3.44. The van der Waals surface area contributed by atoms with Gasteiger partial charge in [-0.3, -0.25) is 19.4 Å². The Hall–Kier alpha value is -3.23. The van der Waals surface area contributed by atoms with Gasteiger partial charge >= 0.3 is 0 Å². The van der Waals surface area contributed by atoms with Gasteiger partial charge < -0.3 is 15.5 Å². The predicted octanol–water partition coefficient (Wildman–Crippen LogP) is 1.57. The van der Waals surface area contributed by atoms with Gasteiger partial charge in [-0.15, -0.1) is 0 Å². The van der Waals surface area contributed by atoms with Crippen LogP contribution in [0.3, 0.4) is 0 Å². The molecule has 0 spiro atoms. The average molecular weight is 371 g/mol. The van der Waals surface area contributed by atoms with Gasteiger partial charge in [0.1, 0.15) is 11.6 Å². The Bertz CT molecular complexity index is 968. The van der Waals surface area contributed by atoms with Crippen LogP contribution in [0.2, 0.25) is 0 Å². The van der Waals surface area contributed by atoms with E-state index in [-0.39, 0.29) is 23.5 Å². The van der Waals surface area contributed by atoms with Crippen molar-refractivity contribution in [2.45, 2.75) is 25.2 Å². The van der Waals surface area contributed by atoms with E-state index in [0.717, 1.165) is 25.9 Å². The summed E-state index contributed by atoms with van der Waals surface area (Å²) < 4.78 is 13.8. The molecule has 0 bridgehead atoms. The van der Waals surface area contributed by atoms with Crippen LogP contribution < -0.4 is 21.1 Å². The second kappa shape index (κ2) is 6.82. The first-order valence-electron chi connectivity index (χ1n) is 8.77. The minimum atomic E-state index is -1.04. The number of fused-ring (bicyclic) bond motifs is 1. The fraction of sp³-hybridized carbons (Fsp3) is 0.333. The van der Waals surface area contributed by atoms with Gasteiger partial charge in [0.25, 0.3) is 5.56 Å². The zero-order valence-corrected chi connectivity index (χ0v) is 14.4. The molecule has 3 heterocycles. The van der Waals surface area contributed by atoms with Crippen LogP contribution >= 0.6 is 0 Å². The fourth-order valence-electron chi connectivity index (χ4n) is 3.44. The van der Waals surface area contributed by atoms with Crippen LogP contribution in [0, 0.1) is 5.82 Å². The minimum absolute atomic E-state index is 0.00638. The van der Waals surface area contributed by atoms with Crippen LogP contribution in [0.1, 0.15) is 30.7 Å². The Morgan fingerprint density at radius 1 is 1.22 bits per heavy atom. The maximum Gasteiger partial charge on any atom is 0.258 e. The van der Waals surface area contributed by atoms with Crippen molar-refractivity contribution in [1.82, 2.24) is 9.97 Å². The Morgan fingerprint density at radius 3 is 2.70 bits per heavy atom. The monoisotopic (exact) mass is 371 g/mol. The highest BCUT2D eigenvalue weighted by atomic mass is 19.1. The number of amides is 2. The predicted molar refractivity (Wildman–Crippen MR) is 97.3 cm³/mol. The molecule has 2 amide bonds. The minimum Gasteiger partial charge on any atom is -0.342 e. The van der Waals surface area contributed by atoms with Gasteiger partial charge in [0, 0.05) is 19.5 Å². The molecule has 0 radical (unpaired) electrons. The van der Waals surface area contributed by atoms with E-state index in [2.05, 4.69) is 20.6 Å². The quantitative estimate of drug-likeness (QED) is 0.759. The van der Waals surface area contributed by atoms with Crippen molar-refractivity contribution in [1.29, 1.82) is 0 Å². The van der Waals surface area contributed by atoms with E-state index in [4.69, 9.17) is 0 Å². The standard InChI is InChI=1S/C18H18FN5O3/c19-11-5-1-2-6-12(11)20-16(26)10-9-13(25)21-15-14(10)17(27)23-18(22-15)24-7-3-4-8-24/h1-2,5-6,10H,3-4,7-9H2,(H,20,26)(H2,21,22,23,25,27)/t10-/m0/s1. The molecular formula is C18H18FN5O3. The molecule has 0 aliphatic carbocycles. The van der Waals surface area contributed by atoms with E-state index in [1.165, 1.54) is 18.2 Å². The van der Waals surface area contributed by atoms with Gasteiger partial charge in [-0.2, -0.15) is 4.98 Å². The summed E-state index contributed by atoms with van der Waals surface area (Å²) in [5.41, 5.74) is -0.393.